The lowest BCUT2D eigenvalue weighted by Gasteiger charge is -2.08. The summed E-state index contributed by atoms with van der Waals surface area (Å²) in [7, 11) is 0. The summed E-state index contributed by atoms with van der Waals surface area (Å²) >= 11 is 0. The molecule has 0 spiro atoms. The van der Waals surface area contributed by atoms with E-state index in [1.165, 1.54) is 70.6 Å². The average Bonchev–Trinajstić information content (AvgIpc) is 2.80. The summed E-state index contributed by atoms with van der Waals surface area (Å²) in [4.78, 5) is 0. The molecule has 94 valence electrons. The van der Waals surface area contributed by atoms with Crippen molar-refractivity contribution in [1.29, 1.82) is 0 Å². The Morgan fingerprint density at radius 2 is 1.69 bits per heavy atom. The van der Waals surface area contributed by atoms with E-state index in [0.29, 0.717) is 6.10 Å². The molecule has 0 aromatic rings. The van der Waals surface area contributed by atoms with Crippen LogP contribution in [-0.2, 0) is 4.74 Å². The number of ether oxygens (including phenoxy) is 1. The Kier molecular flexibility index (Phi) is 8.51. The topological polar surface area (TPSA) is 9.23 Å². The van der Waals surface area contributed by atoms with Crippen LogP contribution >= 0.6 is 0 Å². The van der Waals surface area contributed by atoms with Crippen molar-refractivity contribution < 1.29 is 4.74 Å². The van der Waals surface area contributed by atoms with Gasteiger partial charge in [0.05, 0.1) is 6.10 Å². The van der Waals surface area contributed by atoms with Crippen molar-refractivity contribution in [3.63, 3.8) is 0 Å². The molecule has 1 saturated heterocycles. The van der Waals surface area contributed by atoms with Gasteiger partial charge in [-0.15, -0.1) is 6.58 Å². The van der Waals surface area contributed by atoms with Crippen LogP contribution in [0.15, 0.2) is 12.7 Å². The van der Waals surface area contributed by atoms with Gasteiger partial charge in [0.1, 0.15) is 0 Å². The smallest absolute Gasteiger partial charge is 0.0576 e. The van der Waals surface area contributed by atoms with Gasteiger partial charge in [-0.05, 0) is 32.1 Å². The molecule has 0 saturated carbocycles. The zero-order chi connectivity index (χ0) is 11.5. The van der Waals surface area contributed by atoms with Crippen molar-refractivity contribution in [3.8, 4) is 0 Å². The van der Waals surface area contributed by atoms with E-state index >= 15 is 0 Å². The van der Waals surface area contributed by atoms with Crippen LogP contribution in [0.3, 0.4) is 0 Å². The molecule has 1 aliphatic rings. The number of allylic oxidation sites excluding steroid dienone is 1. The third-order valence-electron chi connectivity index (χ3n) is 3.46. The third kappa shape index (κ3) is 7.05. The maximum Gasteiger partial charge on any atom is 0.0576 e. The van der Waals surface area contributed by atoms with E-state index < -0.39 is 0 Å². The summed E-state index contributed by atoms with van der Waals surface area (Å²) < 4.78 is 5.62. The van der Waals surface area contributed by atoms with Crippen LogP contribution in [-0.4, -0.2) is 12.7 Å². The number of unbranched alkanes of at least 4 members (excludes halogenated alkanes) is 7. The summed E-state index contributed by atoms with van der Waals surface area (Å²) in [6.45, 7) is 4.75. The summed E-state index contributed by atoms with van der Waals surface area (Å²) in [5.74, 6) is 0. The molecule has 1 heterocycles. The van der Waals surface area contributed by atoms with Crippen LogP contribution in [0.25, 0.3) is 0 Å². The second-order valence-electron chi connectivity index (χ2n) is 4.98. The van der Waals surface area contributed by atoms with Gasteiger partial charge in [-0.1, -0.05) is 44.6 Å². The van der Waals surface area contributed by atoms with Crippen LogP contribution in [0, 0.1) is 0 Å². The first kappa shape index (κ1) is 13.8. The summed E-state index contributed by atoms with van der Waals surface area (Å²) in [5.41, 5.74) is 0. The lowest BCUT2D eigenvalue weighted by Crippen LogP contribution is -2.03. The molecule has 0 aliphatic carbocycles. The number of hydrogen-bond donors (Lipinski definition) is 0. The van der Waals surface area contributed by atoms with Gasteiger partial charge in [0.25, 0.3) is 0 Å². The lowest BCUT2D eigenvalue weighted by atomic mass is 10.0. The third-order valence-corrected chi connectivity index (χ3v) is 3.46. The molecule has 1 aliphatic heterocycles. The SMILES string of the molecule is C=CCCCCCCCCC[C@@H]1CCCO1. The Labute approximate surface area is 101 Å². The van der Waals surface area contributed by atoms with Gasteiger partial charge in [0.2, 0.25) is 0 Å². The van der Waals surface area contributed by atoms with E-state index in [0.717, 1.165) is 6.61 Å². The van der Waals surface area contributed by atoms with Crippen LogP contribution < -0.4 is 0 Å². The Bertz CT molecular complexity index is 159. The monoisotopic (exact) mass is 224 g/mol. The summed E-state index contributed by atoms with van der Waals surface area (Å²) in [6.07, 6.45) is 17.5. The van der Waals surface area contributed by atoms with E-state index in [-0.39, 0.29) is 0 Å². The van der Waals surface area contributed by atoms with Gasteiger partial charge in [-0.3, -0.25) is 0 Å². The highest BCUT2D eigenvalue weighted by Gasteiger charge is 2.13. The van der Waals surface area contributed by atoms with E-state index in [1.54, 1.807) is 0 Å². The minimum atomic E-state index is 0.604. The molecule has 0 aromatic heterocycles. The van der Waals surface area contributed by atoms with Crippen LogP contribution in [0.2, 0.25) is 0 Å². The standard InChI is InChI=1S/C15H28O/c1-2-3-4-5-6-7-8-9-10-12-15-13-11-14-16-15/h2,15H,1,3-14H2/t15-/m1/s1. The maximum atomic E-state index is 5.62. The van der Waals surface area contributed by atoms with Gasteiger partial charge in [-0.2, -0.15) is 0 Å². The predicted molar refractivity (Wildman–Crippen MR) is 70.7 cm³/mol. The van der Waals surface area contributed by atoms with Gasteiger partial charge < -0.3 is 4.74 Å². The Balaban J connectivity index is 1.72. The number of hydrogen-bond acceptors (Lipinski definition) is 1. The quantitative estimate of drug-likeness (QED) is 0.380. The maximum absolute atomic E-state index is 5.62. The predicted octanol–water partition coefficient (Wildman–Crippen LogP) is 4.86. The molecule has 1 heteroatoms. The lowest BCUT2D eigenvalue weighted by molar-refractivity contribution is 0.102. The fraction of sp³-hybridized carbons (Fsp3) is 0.867. The molecule has 0 radical (unpaired) electrons. The molecule has 1 nitrogen and oxygen atoms in total. The van der Waals surface area contributed by atoms with Gasteiger partial charge in [0, 0.05) is 6.61 Å². The van der Waals surface area contributed by atoms with E-state index in [1.807, 2.05) is 6.08 Å². The van der Waals surface area contributed by atoms with Crippen LogP contribution in [0.5, 0.6) is 0 Å². The molecule has 0 unspecified atom stereocenters. The van der Waals surface area contributed by atoms with Crippen molar-refractivity contribution in [2.45, 2.75) is 76.7 Å². The Morgan fingerprint density at radius 3 is 2.31 bits per heavy atom. The first-order valence-electron chi connectivity index (χ1n) is 7.16. The molecular weight excluding hydrogens is 196 g/mol. The summed E-state index contributed by atoms with van der Waals surface area (Å²) in [5, 5.41) is 0. The van der Waals surface area contributed by atoms with Crippen LogP contribution in [0.4, 0.5) is 0 Å². The van der Waals surface area contributed by atoms with Crippen molar-refractivity contribution in [1.82, 2.24) is 0 Å². The molecule has 1 atom stereocenters. The average molecular weight is 224 g/mol. The van der Waals surface area contributed by atoms with Gasteiger partial charge in [-0.25, -0.2) is 0 Å². The van der Waals surface area contributed by atoms with Crippen molar-refractivity contribution in [2.24, 2.45) is 0 Å². The fourth-order valence-corrected chi connectivity index (χ4v) is 2.42. The first-order valence-corrected chi connectivity index (χ1v) is 7.16. The fourth-order valence-electron chi connectivity index (χ4n) is 2.42. The van der Waals surface area contributed by atoms with Crippen molar-refractivity contribution in [3.05, 3.63) is 12.7 Å². The van der Waals surface area contributed by atoms with E-state index in [4.69, 9.17) is 4.74 Å². The molecule has 0 bridgehead atoms. The second kappa shape index (κ2) is 9.89. The minimum Gasteiger partial charge on any atom is -0.378 e. The van der Waals surface area contributed by atoms with Gasteiger partial charge >= 0.3 is 0 Å². The largest absolute Gasteiger partial charge is 0.378 e. The molecule has 0 aromatic carbocycles. The highest BCUT2D eigenvalue weighted by molar-refractivity contribution is 4.66. The summed E-state index contributed by atoms with van der Waals surface area (Å²) in [6, 6.07) is 0. The van der Waals surface area contributed by atoms with Crippen molar-refractivity contribution >= 4 is 0 Å². The van der Waals surface area contributed by atoms with Crippen molar-refractivity contribution in [2.75, 3.05) is 6.61 Å². The molecular formula is C15H28O. The van der Waals surface area contributed by atoms with Gasteiger partial charge in [0.15, 0.2) is 0 Å². The molecule has 16 heavy (non-hydrogen) atoms. The zero-order valence-electron chi connectivity index (χ0n) is 10.8. The van der Waals surface area contributed by atoms with E-state index in [9.17, 15) is 0 Å². The second-order valence-corrected chi connectivity index (χ2v) is 4.98. The minimum absolute atomic E-state index is 0.604. The zero-order valence-corrected chi connectivity index (χ0v) is 10.8. The van der Waals surface area contributed by atoms with Crippen LogP contribution in [0.1, 0.15) is 70.6 Å². The molecule has 0 N–H and O–H groups in total. The Morgan fingerprint density at radius 1 is 1.00 bits per heavy atom. The highest BCUT2D eigenvalue weighted by atomic mass is 16.5. The normalized spacial score (nSPS) is 20.1. The molecule has 1 rings (SSSR count). The first-order chi connectivity index (χ1) is 7.93. The highest BCUT2D eigenvalue weighted by Crippen LogP contribution is 2.18. The number of rotatable bonds is 10. The van der Waals surface area contributed by atoms with E-state index in [2.05, 4.69) is 6.58 Å². The Hall–Kier alpha value is -0.300. The molecule has 1 fully saturated rings. The molecule has 0 amide bonds.